The average molecular weight is 533 g/mol. The maximum Gasteiger partial charge on any atom is 0.317 e. The van der Waals surface area contributed by atoms with Crippen molar-refractivity contribution in [1.82, 2.24) is 0 Å². The molecule has 0 N–H and O–H groups in total. The summed E-state index contributed by atoms with van der Waals surface area (Å²) in [5.41, 5.74) is 2.23. The minimum absolute atomic E-state index is 0.138. The van der Waals surface area contributed by atoms with Crippen LogP contribution in [0.2, 0.25) is 0 Å². The Balaban J connectivity index is 1.42. The molecule has 2 saturated carbocycles. The number of benzene rings is 2. The van der Waals surface area contributed by atoms with Crippen LogP contribution < -0.4 is 0 Å². The third-order valence-electron chi connectivity index (χ3n) is 9.85. The Bertz CT molecular complexity index is 1000. The fraction of sp³-hybridized carbons (Fsp3) is 0.600. The van der Waals surface area contributed by atoms with Crippen molar-refractivity contribution in [1.29, 1.82) is 0 Å². The van der Waals surface area contributed by atoms with Crippen LogP contribution in [-0.2, 0) is 29.9 Å². The normalized spacial score (nSPS) is 27.9. The predicted octanol–water partition coefficient (Wildman–Crippen LogP) is 8.03. The molecule has 39 heavy (non-hydrogen) atoms. The highest BCUT2D eigenvalue weighted by Gasteiger charge is 2.44. The van der Waals surface area contributed by atoms with Gasteiger partial charge in [-0.1, -0.05) is 115 Å². The van der Waals surface area contributed by atoms with E-state index in [1.165, 1.54) is 11.1 Å². The van der Waals surface area contributed by atoms with Gasteiger partial charge in [0.2, 0.25) is 0 Å². The van der Waals surface area contributed by atoms with Crippen LogP contribution in [-0.4, -0.2) is 24.1 Å². The molecule has 0 spiro atoms. The molecule has 0 bridgehead atoms. The second kappa shape index (κ2) is 12.3. The highest BCUT2D eigenvalue weighted by molar-refractivity contribution is 5.91. The first-order valence-electron chi connectivity index (χ1n) is 15.0. The first-order valence-corrected chi connectivity index (χ1v) is 15.0. The van der Waals surface area contributed by atoms with Crippen molar-refractivity contribution in [3.8, 4) is 0 Å². The van der Waals surface area contributed by atoms with Gasteiger partial charge in [0, 0.05) is 11.8 Å². The van der Waals surface area contributed by atoms with Gasteiger partial charge in [-0.3, -0.25) is 9.59 Å². The molecule has 2 aromatic rings. The molecule has 0 aromatic heterocycles. The Hall–Kier alpha value is -2.62. The SMILES string of the molecule is C[C@@H]1CC[C@@H](C(C)(C)c2ccccc2)[C@H](OC(=O)CC(=O)O[C@@H]2C[C@H](C)CC[C@H]2C(C)(C)c2ccccc2)C1. The summed E-state index contributed by atoms with van der Waals surface area (Å²) in [6.07, 6.45) is 5.17. The van der Waals surface area contributed by atoms with E-state index in [-0.39, 0.29) is 41.3 Å². The van der Waals surface area contributed by atoms with E-state index in [0.717, 1.165) is 38.5 Å². The number of hydrogen-bond acceptors (Lipinski definition) is 4. The van der Waals surface area contributed by atoms with Crippen LogP contribution in [0.15, 0.2) is 60.7 Å². The van der Waals surface area contributed by atoms with Crippen LogP contribution in [0.4, 0.5) is 0 Å². The molecule has 4 nitrogen and oxygen atoms in total. The molecule has 4 heteroatoms. The van der Waals surface area contributed by atoms with Crippen molar-refractivity contribution in [3.63, 3.8) is 0 Å². The Kier molecular flexibility index (Phi) is 9.24. The zero-order valence-electron chi connectivity index (χ0n) is 24.8. The van der Waals surface area contributed by atoms with Gasteiger partial charge in [0.15, 0.2) is 0 Å². The number of carbonyl (C=O) groups is 2. The Morgan fingerprint density at radius 3 is 1.36 bits per heavy atom. The highest BCUT2D eigenvalue weighted by atomic mass is 16.6. The first-order chi connectivity index (χ1) is 18.5. The summed E-state index contributed by atoms with van der Waals surface area (Å²) in [7, 11) is 0. The topological polar surface area (TPSA) is 52.6 Å². The summed E-state index contributed by atoms with van der Waals surface area (Å²) in [4.78, 5) is 26.2. The lowest BCUT2D eigenvalue weighted by Gasteiger charge is -2.44. The van der Waals surface area contributed by atoms with Crippen LogP contribution >= 0.6 is 0 Å². The van der Waals surface area contributed by atoms with Crippen LogP contribution in [0.25, 0.3) is 0 Å². The van der Waals surface area contributed by atoms with Crippen molar-refractivity contribution < 1.29 is 19.1 Å². The van der Waals surface area contributed by atoms with Crippen LogP contribution in [0, 0.1) is 23.7 Å². The third kappa shape index (κ3) is 6.94. The van der Waals surface area contributed by atoms with E-state index in [0.29, 0.717) is 11.8 Å². The molecule has 0 saturated heterocycles. The van der Waals surface area contributed by atoms with E-state index in [1.54, 1.807) is 0 Å². The molecule has 2 aliphatic rings. The van der Waals surface area contributed by atoms with E-state index in [2.05, 4.69) is 90.1 Å². The largest absolute Gasteiger partial charge is 0.462 e. The van der Waals surface area contributed by atoms with E-state index < -0.39 is 11.9 Å². The lowest BCUT2D eigenvalue weighted by Crippen LogP contribution is -2.44. The minimum atomic E-state index is -0.462. The van der Waals surface area contributed by atoms with E-state index in [1.807, 2.05) is 12.1 Å². The lowest BCUT2D eigenvalue weighted by atomic mass is 9.64. The van der Waals surface area contributed by atoms with Gasteiger partial charge in [-0.15, -0.1) is 0 Å². The molecule has 0 heterocycles. The van der Waals surface area contributed by atoms with E-state index >= 15 is 0 Å². The third-order valence-corrected chi connectivity index (χ3v) is 9.85. The number of rotatable bonds is 8. The maximum atomic E-state index is 13.1. The number of hydrogen-bond donors (Lipinski definition) is 0. The van der Waals surface area contributed by atoms with Crippen molar-refractivity contribution >= 4 is 11.9 Å². The summed E-state index contributed by atoms with van der Waals surface area (Å²) < 4.78 is 12.2. The van der Waals surface area contributed by atoms with Gasteiger partial charge in [0.1, 0.15) is 18.6 Å². The van der Waals surface area contributed by atoms with Gasteiger partial charge in [-0.05, 0) is 59.5 Å². The molecule has 2 aliphatic carbocycles. The maximum absolute atomic E-state index is 13.1. The summed E-state index contributed by atoms with van der Waals surface area (Å²) in [6, 6.07) is 21.0. The highest BCUT2D eigenvalue weighted by Crippen LogP contribution is 2.45. The quantitative estimate of drug-likeness (QED) is 0.255. The monoisotopic (exact) mass is 532 g/mol. The number of ether oxygens (including phenoxy) is 2. The molecule has 212 valence electrons. The van der Waals surface area contributed by atoms with Crippen LogP contribution in [0.3, 0.4) is 0 Å². The molecular weight excluding hydrogens is 484 g/mol. The first kappa shape index (κ1) is 29.4. The molecule has 2 fully saturated rings. The zero-order valence-corrected chi connectivity index (χ0v) is 24.8. The van der Waals surface area contributed by atoms with Gasteiger partial charge in [0.05, 0.1) is 0 Å². The van der Waals surface area contributed by atoms with E-state index in [9.17, 15) is 9.59 Å². The second-order valence-corrected chi connectivity index (χ2v) is 13.5. The second-order valence-electron chi connectivity index (χ2n) is 13.5. The lowest BCUT2D eigenvalue weighted by molar-refractivity contribution is -0.168. The number of carbonyl (C=O) groups excluding carboxylic acids is 2. The molecule has 0 unspecified atom stereocenters. The summed E-state index contributed by atoms with van der Waals surface area (Å²) in [5, 5.41) is 0. The van der Waals surface area contributed by atoms with Gasteiger partial charge in [0.25, 0.3) is 0 Å². The fourth-order valence-electron chi connectivity index (χ4n) is 7.27. The van der Waals surface area contributed by atoms with Gasteiger partial charge in [-0.2, -0.15) is 0 Å². The molecular formula is C35H48O4. The van der Waals surface area contributed by atoms with Crippen molar-refractivity contribution in [2.45, 2.75) is 110 Å². The van der Waals surface area contributed by atoms with Crippen molar-refractivity contribution in [3.05, 3.63) is 71.8 Å². The molecule has 0 radical (unpaired) electrons. The Labute approximate surface area is 235 Å². The molecule has 6 atom stereocenters. The summed E-state index contributed by atoms with van der Waals surface area (Å²) in [5.74, 6) is 0.452. The Morgan fingerprint density at radius 2 is 1.00 bits per heavy atom. The molecule has 0 aliphatic heterocycles. The van der Waals surface area contributed by atoms with Crippen molar-refractivity contribution in [2.24, 2.45) is 23.7 Å². The smallest absolute Gasteiger partial charge is 0.317 e. The van der Waals surface area contributed by atoms with Gasteiger partial charge >= 0.3 is 11.9 Å². The number of esters is 2. The van der Waals surface area contributed by atoms with E-state index in [4.69, 9.17) is 9.47 Å². The van der Waals surface area contributed by atoms with Gasteiger partial charge in [-0.25, -0.2) is 0 Å². The minimum Gasteiger partial charge on any atom is -0.462 e. The average Bonchev–Trinajstić information content (AvgIpc) is 2.89. The molecule has 2 aromatic carbocycles. The molecule has 4 rings (SSSR count). The Morgan fingerprint density at radius 1 is 0.641 bits per heavy atom. The predicted molar refractivity (Wildman–Crippen MR) is 156 cm³/mol. The van der Waals surface area contributed by atoms with Crippen molar-refractivity contribution in [2.75, 3.05) is 0 Å². The summed E-state index contributed by atoms with van der Waals surface area (Å²) >= 11 is 0. The van der Waals surface area contributed by atoms with Gasteiger partial charge < -0.3 is 9.47 Å². The van der Waals surface area contributed by atoms with Crippen LogP contribution in [0.5, 0.6) is 0 Å². The zero-order chi connectivity index (χ0) is 28.2. The standard InChI is InChI=1S/C35H48O4/c1-24-17-19-28(34(3,4)26-13-9-7-10-14-26)30(21-24)38-32(36)23-33(37)39-31-22-25(2)18-20-29(31)35(5,6)27-15-11-8-12-16-27/h7-16,24-25,28-31H,17-23H2,1-6H3/t24-,25-,28-,29-,30-,31-/m1/s1. The fourth-order valence-corrected chi connectivity index (χ4v) is 7.27. The van der Waals surface area contributed by atoms with Crippen LogP contribution in [0.1, 0.15) is 97.6 Å². The summed E-state index contributed by atoms with van der Waals surface area (Å²) in [6.45, 7) is 13.4. The molecule has 0 amide bonds.